The van der Waals surface area contributed by atoms with Crippen molar-refractivity contribution in [3.8, 4) is 0 Å². The van der Waals surface area contributed by atoms with Gasteiger partial charge in [-0.15, -0.1) is 0 Å². The van der Waals surface area contributed by atoms with Gasteiger partial charge < -0.3 is 9.80 Å². The zero-order valence-corrected chi connectivity index (χ0v) is 13.0. The van der Waals surface area contributed by atoms with Crippen LogP contribution in [0.3, 0.4) is 0 Å². The van der Waals surface area contributed by atoms with E-state index in [4.69, 9.17) is 0 Å². The van der Waals surface area contributed by atoms with Gasteiger partial charge in [-0.2, -0.15) is 11.8 Å². The summed E-state index contributed by atoms with van der Waals surface area (Å²) in [5.41, 5.74) is 0. The summed E-state index contributed by atoms with van der Waals surface area (Å²) in [6, 6.07) is 1.27. The lowest BCUT2D eigenvalue weighted by molar-refractivity contribution is 0.0855. The van der Waals surface area contributed by atoms with Crippen LogP contribution in [-0.2, 0) is 0 Å². The maximum atomic E-state index is 12.7. The topological polar surface area (TPSA) is 23.6 Å². The molecule has 0 bridgehead atoms. The minimum atomic E-state index is 0.258. The van der Waals surface area contributed by atoms with Gasteiger partial charge in [-0.25, -0.2) is 4.79 Å². The predicted molar refractivity (Wildman–Crippen MR) is 80.6 cm³/mol. The van der Waals surface area contributed by atoms with Crippen LogP contribution in [0, 0.1) is 0 Å². The first-order chi connectivity index (χ1) is 9.18. The Morgan fingerprint density at radius 1 is 0.947 bits per heavy atom. The van der Waals surface area contributed by atoms with Crippen molar-refractivity contribution in [2.75, 3.05) is 14.1 Å². The number of hydrogen-bond donors (Lipinski definition) is 0. The molecule has 3 rings (SSSR count). The van der Waals surface area contributed by atoms with Gasteiger partial charge >= 0.3 is 6.03 Å². The van der Waals surface area contributed by atoms with E-state index in [9.17, 15) is 4.79 Å². The number of amides is 2. The molecule has 108 valence electrons. The van der Waals surface area contributed by atoms with E-state index >= 15 is 0 Å². The molecule has 0 spiro atoms. The monoisotopic (exact) mass is 282 g/mol. The summed E-state index contributed by atoms with van der Waals surface area (Å²) in [6.07, 6.45) is 10.4. The number of carbonyl (C=O) groups is 1. The zero-order valence-electron chi connectivity index (χ0n) is 12.2. The Hall–Kier alpha value is -0.380. The van der Waals surface area contributed by atoms with Crippen LogP contribution >= 0.6 is 11.8 Å². The van der Waals surface area contributed by atoms with E-state index in [2.05, 4.69) is 16.7 Å². The summed E-state index contributed by atoms with van der Waals surface area (Å²) in [7, 11) is 3.81. The Bertz CT molecular complexity index is 325. The minimum absolute atomic E-state index is 0.258. The van der Waals surface area contributed by atoms with Crippen molar-refractivity contribution in [2.24, 2.45) is 0 Å². The summed E-state index contributed by atoms with van der Waals surface area (Å²) in [5.74, 6) is 0. The first-order valence-electron chi connectivity index (χ1n) is 7.83. The SMILES string of the molecule is CN(C)C(=O)N1C2CCCCC2SC2CCCCC21. The molecule has 3 aliphatic rings. The molecule has 3 nitrogen and oxygen atoms in total. The molecule has 0 aromatic rings. The quantitative estimate of drug-likeness (QED) is 0.680. The Labute approximate surface area is 121 Å². The average Bonchev–Trinajstić information content (AvgIpc) is 2.43. The van der Waals surface area contributed by atoms with Crippen LogP contribution in [0.15, 0.2) is 0 Å². The van der Waals surface area contributed by atoms with Crippen LogP contribution in [0.5, 0.6) is 0 Å². The molecule has 2 aliphatic carbocycles. The second kappa shape index (κ2) is 5.55. The van der Waals surface area contributed by atoms with Crippen molar-refractivity contribution in [3.05, 3.63) is 0 Å². The highest BCUT2D eigenvalue weighted by Crippen LogP contribution is 2.46. The largest absolute Gasteiger partial charge is 0.331 e. The number of nitrogens with zero attached hydrogens (tertiary/aromatic N) is 2. The molecule has 3 fully saturated rings. The fourth-order valence-corrected chi connectivity index (χ4v) is 6.05. The van der Waals surface area contributed by atoms with Gasteiger partial charge in [-0.05, 0) is 25.7 Å². The van der Waals surface area contributed by atoms with Gasteiger partial charge in [0.25, 0.3) is 0 Å². The highest BCUT2D eigenvalue weighted by atomic mass is 32.2. The lowest BCUT2D eigenvalue weighted by Gasteiger charge is -2.53. The third kappa shape index (κ3) is 2.48. The van der Waals surface area contributed by atoms with Crippen LogP contribution in [0.4, 0.5) is 4.79 Å². The molecule has 19 heavy (non-hydrogen) atoms. The smallest absolute Gasteiger partial charge is 0.320 e. The maximum absolute atomic E-state index is 12.7. The first kappa shape index (κ1) is 13.6. The molecular formula is C15H26N2OS. The van der Waals surface area contributed by atoms with Crippen molar-refractivity contribution < 1.29 is 4.79 Å². The van der Waals surface area contributed by atoms with Gasteiger partial charge in [-0.1, -0.05) is 25.7 Å². The van der Waals surface area contributed by atoms with Crippen LogP contribution in [0.2, 0.25) is 0 Å². The first-order valence-corrected chi connectivity index (χ1v) is 8.78. The van der Waals surface area contributed by atoms with Gasteiger partial charge in [0.1, 0.15) is 0 Å². The van der Waals surface area contributed by atoms with Gasteiger partial charge in [0.2, 0.25) is 0 Å². The molecule has 1 aliphatic heterocycles. The van der Waals surface area contributed by atoms with Gasteiger partial charge in [0, 0.05) is 36.7 Å². The third-order valence-electron chi connectivity index (χ3n) is 5.00. The molecule has 4 unspecified atom stereocenters. The highest BCUT2D eigenvalue weighted by molar-refractivity contribution is 8.00. The van der Waals surface area contributed by atoms with Crippen LogP contribution in [0.1, 0.15) is 51.4 Å². The summed E-state index contributed by atoms with van der Waals surface area (Å²) in [6.45, 7) is 0. The third-order valence-corrected chi connectivity index (χ3v) is 6.80. The van der Waals surface area contributed by atoms with Crippen LogP contribution in [-0.4, -0.2) is 52.5 Å². The number of thioether (sulfide) groups is 1. The van der Waals surface area contributed by atoms with E-state index < -0.39 is 0 Å². The summed E-state index contributed by atoms with van der Waals surface area (Å²) in [5, 5.41) is 1.41. The van der Waals surface area contributed by atoms with E-state index in [1.54, 1.807) is 4.90 Å². The summed E-state index contributed by atoms with van der Waals surface area (Å²) >= 11 is 2.22. The van der Waals surface area contributed by atoms with Crippen molar-refractivity contribution in [1.29, 1.82) is 0 Å². The van der Waals surface area contributed by atoms with Gasteiger partial charge in [-0.3, -0.25) is 0 Å². The van der Waals surface area contributed by atoms with Gasteiger partial charge in [0.15, 0.2) is 0 Å². The molecule has 0 aromatic heterocycles. The van der Waals surface area contributed by atoms with Gasteiger partial charge in [0.05, 0.1) is 0 Å². The summed E-state index contributed by atoms with van der Waals surface area (Å²) < 4.78 is 0. The normalized spacial score (nSPS) is 38.3. The molecule has 0 aromatic carbocycles. The number of rotatable bonds is 0. The maximum Gasteiger partial charge on any atom is 0.320 e. The van der Waals surface area contributed by atoms with Crippen LogP contribution < -0.4 is 0 Å². The Kier molecular flexibility index (Phi) is 3.97. The number of carbonyl (C=O) groups excluding carboxylic acids is 1. The Morgan fingerprint density at radius 3 is 1.89 bits per heavy atom. The average molecular weight is 282 g/mol. The number of urea groups is 1. The Balaban J connectivity index is 1.86. The van der Waals surface area contributed by atoms with E-state index in [0.29, 0.717) is 22.6 Å². The molecule has 4 heteroatoms. The zero-order chi connectivity index (χ0) is 13.4. The molecular weight excluding hydrogens is 256 g/mol. The van der Waals surface area contributed by atoms with Crippen LogP contribution in [0.25, 0.3) is 0 Å². The number of hydrogen-bond acceptors (Lipinski definition) is 2. The van der Waals surface area contributed by atoms with E-state index in [1.165, 1.54) is 51.4 Å². The molecule has 0 N–H and O–H groups in total. The standard InChI is InChI=1S/C15H26N2OS/c1-16(2)15(18)17-11-7-3-5-9-13(11)19-14-10-6-4-8-12(14)17/h11-14H,3-10H2,1-2H3. The second-order valence-corrected chi connectivity index (χ2v) is 7.98. The molecule has 1 saturated heterocycles. The molecule has 2 saturated carbocycles. The number of fused-ring (bicyclic) bond motifs is 2. The summed E-state index contributed by atoms with van der Waals surface area (Å²) in [4.78, 5) is 16.7. The Morgan fingerprint density at radius 2 is 1.42 bits per heavy atom. The van der Waals surface area contributed by atoms with E-state index in [1.807, 2.05) is 14.1 Å². The van der Waals surface area contributed by atoms with Crippen molar-refractivity contribution in [1.82, 2.24) is 9.80 Å². The molecule has 4 atom stereocenters. The molecule has 0 radical (unpaired) electrons. The second-order valence-electron chi connectivity index (χ2n) is 6.50. The highest BCUT2D eigenvalue weighted by Gasteiger charge is 2.47. The lowest BCUT2D eigenvalue weighted by Crippen LogP contribution is -2.62. The molecule has 2 amide bonds. The van der Waals surface area contributed by atoms with Crippen molar-refractivity contribution in [2.45, 2.75) is 74.0 Å². The van der Waals surface area contributed by atoms with E-state index in [0.717, 1.165) is 0 Å². The van der Waals surface area contributed by atoms with Crippen molar-refractivity contribution in [3.63, 3.8) is 0 Å². The van der Waals surface area contributed by atoms with E-state index in [-0.39, 0.29) is 6.03 Å². The predicted octanol–water partition coefficient (Wildman–Crippen LogP) is 3.34. The fraction of sp³-hybridized carbons (Fsp3) is 0.933. The minimum Gasteiger partial charge on any atom is -0.331 e. The molecule has 1 heterocycles. The lowest BCUT2D eigenvalue weighted by atomic mass is 9.87. The van der Waals surface area contributed by atoms with Crippen molar-refractivity contribution >= 4 is 17.8 Å². The fourth-order valence-electron chi connectivity index (χ4n) is 4.09.